The molecule has 0 saturated carbocycles. The topological polar surface area (TPSA) is 115 Å². The summed E-state index contributed by atoms with van der Waals surface area (Å²) in [6, 6.07) is 15.1. The molecule has 0 bridgehead atoms. The van der Waals surface area contributed by atoms with Crippen LogP contribution < -0.4 is 10.9 Å². The number of carboxylic acid groups (broad SMARTS) is 1. The summed E-state index contributed by atoms with van der Waals surface area (Å²) in [6.45, 7) is 0.444. The minimum absolute atomic E-state index is 0.0254. The molecule has 0 radical (unpaired) electrons. The van der Waals surface area contributed by atoms with Gasteiger partial charge in [0.2, 0.25) is 5.91 Å². The zero-order valence-corrected chi connectivity index (χ0v) is 16.6. The van der Waals surface area contributed by atoms with Crippen LogP contribution in [0.4, 0.5) is 0 Å². The molecule has 156 valence electrons. The number of rotatable bonds is 7. The molecule has 0 aliphatic heterocycles. The summed E-state index contributed by atoms with van der Waals surface area (Å²) in [5, 5.41) is 13.4. The Hall–Kier alpha value is -4.13. The maximum absolute atomic E-state index is 12.4. The van der Waals surface area contributed by atoms with E-state index in [2.05, 4.69) is 15.3 Å². The number of benzene rings is 2. The maximum atomic E-state index is 12.4. The van der Waals surface area contributed by atoms with Gasteiger partial charge in [-0.1, -0.05) is 36.4 Å². The maximum Gasteiger partial charge on any atom is 0.303 e. The quantitative estimate of drug-likeness (QED) is 0.347. The van der Waals surface area contributed by atoms with Crippen LogP contribution in [0.25, 0.3) is 27.9 Å². The fourth-order valence-corrected chi connectivity index (χ4v) is 3.57. The number of aliphatic carboxylic acids is 1. The van der Waals surface area contributed by atoms with Crippen LogP contribution in [0.5, 0.6) is 0 Å². The van der Waals surface area contributed by atoms with Crippen LogP contribution in [0.15, 0.2) is 65.6 Å². The van der Waals surface area contributed by atoms with Gasteiger partial charge < -0.3 is 20.4 Å². The van der Waals surface area contributed by atoms with Gasteiger partial charge in [-0.2, -0.15) is 0 Å². The van der Waals surface area contributed by atoms with E-state index in [-0.39, 0.29) is 17.9 Å². The first-order valence-electron chi connectivity index (χ1n) is 9.89. The number of carboxylic acids is 1. The third kappa shape index (κ3) is 4.56. The van der Waals surface area contributed by atoms with Gasteiger partial charge in [0.25, 0.3) is 5.56 Å². The number of nitrogens with one attached hydrogen (secondary N) is 3. The van der Waals surface area contributed by atoms with Crippen LogP contribution in [-0.4, -0.2) is 27.0 Å². The first-order valence-corrected chi connectivity index (χ1v) is 9.89. The fraction of sp³-hybridized carbons (Fsp3) is 0.125. The van der Waals surface area contributed by atoms with Gasteiger partial charge in [0.1, 0.15) is 5.52 Å². The zero-order valence-electron chi connectivity index (χ0n) is 16.6. The Morgan fingerprint density at radius 2 is 1.90 bits per heavy atom. The van der Waals surface area contributed by atoms with Gasteiger partial charge in [-0.15, -0.1) is 0 Å². The number of hydrogen-bond donors (Lipinski definition) is 4. The first kappa shape index (κ1) is 20.2. The molecule has 0 fully saturated rings. The van der Waals surface area contributed by atoms with Crippen molar-refractivity contribution < 1.29 is 14.7 Å². The summed E-state index contributed by atoms with van der Waals surface area (Å²) < 4.78 is 0. The predicted molar refractivity (Wildman–Crippen MR) is 120 cm³/mol. The Labute approximate surface area is 177 Å². The van der Waals surface area contributed by atoms with E-state index in [1.807, 2.05) is 42.5 Å². The molecule has 2 aromatic carbocycles. The number of aromatic amines is 2. The van der Waals surface area contributed by atoms with Crippen molar-refractivity contribution in [3.63, 3.8) is 0 Å². The van der Waals surface area contributed by atoms with Crippen molar-refractivity contribution in [2.45, 2.75) is 19.4 Å². The smallest absolute Gasteiger partial charge is 0.303 e. The van der Waals surface area contributed by atoms with E-state index in [1.165, 1.54) is 6.08 Å². The third-order valence-electron chi connectivity index (χ3n) is 5.10. The lowest BCUT2D eigenvalue weighted by Gasteiger charge is -2.05. The van der Waals surface area contributed by atoms with E-state index in [0.29, 0.717) is 29.4 Å². The van der Waals surface area contributed by atoms with Crippen LogP contribution in [0.1, 0.15) is 23.1 Å². The lowest BCUT2D eigenvalue weighted by molar-refractivity contribution is -0.137. The summed E-state index contributed by atoms with van der Waals surface area (Å²) in [5.41, 5.74) is 3.39. The van der Waals surface area contributed by atoms with E-state index in [9.17, 15) is 14.4 Å². The summed E-state index contributed by atoms with van der Waals surface area (Å²) in [4.78, 5) is 41.3. The van der Waals surface area contributed by atoms with Gasteiger partial charge in [-0.25, -0.2) is 0 Å². The summed E-state index contributed by atoms with van der Waals surface area (Å²) in [6.07, 6.45) is 5.15. The molecule has 4 N–H and O–H groups in total. The Balaban J connectivity index is 1.61. The first-order chi connectivity index (χ1) is 15.0. The lowest BCUT2D eigenvalue weighted by Crippen LogP contribution is -2.20. The Kier molecular flexibility index (Phi) is 5.66. The van der Waals surface area contributed by atoms with Crippen LogP contribution in [0.2, 0.25) is 0 Å². The van der Waals surface area contributed by atoms with E-state index >= 15 is 0 Å². The minimum Gasteiger partial charge on any atom is -0.481 e. The summed E-state index contributed by atoms with van der Waals surface area (Å²) >= 11 is 0. The highest BCUT2D eigenvalue weighted by atomic mass is 16.4. The molecule has 31 heavy (non-hydrogen) atoms. The zero-order chi connectivity index (χ0) is 21.8. The molecular weight excluding hydrogens is 394 g/mol. The Bertz CT molecular complexity index is 1350. The normalized spacial score (nSPS) is 11.4. The molecule has 0 spiro atoms. The fourth-order valence-electron chi connectivity index (χ4n) is 3.57. The van der Waals surface area contributed by atoms with Crippen LogP contribution in [0, 0.1) is 0 Å². The standard InChI is InChI=1S/C24H21N3O4/c28-20(25-13-16-4-2-1-3-5-16)10-7-15-6-9-19-18(12-15)22-17(8-11-21(29)30)14-26-23(22)24(31)27-19/h1-7,9-10,12,14,26H,8,11,13H2,(H,25,28)(H,27,31)(H,29,30). The molecule has 7 nitrogen and oxygen atoms in total. The highest BCUT2D eigenvalue weighted by Gasteiger charge is 2.13. The van der Waals surface area contributed by atoms with Gasteiger partial charge >= 0.3 is 5.97 Å². The summed E-state index contributed by atoms with van der Waals surface area (Å²) in [5.74, 6) is -1.10. The number of carbonyl (C=O) groups excluding carboxylic acids is 1. The summed E-state index contributed by atoms with van der Waals surface area (Å²) in [7, 11) is 0. The van der Waals surface area contributed by atoms with Crippen molar-refractivity contribution >= 4 is 39.8 Å². The second-order valence-electron chi connectivity index (χ2n) is 7.25. The number of fused-ring (bicyclic) bond motifs is 3. The molecule has 0 atom stereocenters. The molecule has 4 rings (SSSR count). The van der Waals surface area contributed by atoms with Crippen molar-refractivity contribution in [2.75, 3.05) is 0 Å². The second kappa shape index (κ2) is 8.71. The molecule has 1 amide bonds. The average Bonchev–Trinajstić information content (AvgIpc) is 3.21. The third-order valence-corrected chi connectivity index (χ3v) is 5.10. The second-order valence-corrected chi connectivity index (χ2v) is 7.25. The van der Waals surface area contributed by atoms with Crippen molar-refractivity contribution in [3.8, 4) is 0 Å². The Morgan fingerprint density at radius 1 is 1.10 bits per heavy atom. The number of aryl methyl sites for hydroxylation is 1. The van der Waals surface area contributed by atoms with Crippen molar-refractivity contribution in [2.24, 2.45) is 0 Å². The van der Waals surface area contributed by atoms with Gasteiger partial charge in [0.05, 0.1) is 0 Å². The molecule has 0 unspecified atom stereocenters. The van der Waals surface area contributed by atoms with E-state index in [0.717, 1.165) is 22.1 Å². The number of pyridine rings is 1. The average molecular weight is 415 g/mol. The van der Waals surface area contributed by atoms with E-state index in [4.69, 9.17) is 5.11 Å². The molecule has 2 aromatic heterocycles. The number of hydrogen-bond acceptors (Lipinski definition) is 3. The lowest BCUT2D eigenvalue weighted by atomic mass is 10.0. The molecule has 0 aliphatic rings. The van der Waals surface area contributed by atoms with Gasteiger partial charge in [-0.3, -0.25) is 14.4 Å². The monoisotopic (exact) mass is 415 g/mol. The molecule has 0 saturated heterocycles. The van der Waals surface area contributed by atoms with Crippen LogP contribution in [0.3, 0.4) is 0 Å². The molecule has 4 aromatic rings. The van der Waals surface area contributed by atoms with E-state index in [1.54, 1.807) is 18.3 Å². The predicted octanol–water partition coefficient (Wildman–Crippen LogP) is 3.36. The number of aromatic nitrogens is 2. The molecule has 2 heterocycles. The van der Waals surface area contributed by atoms with Crippen molar-refractivity contribution in [1.82, 2.24) is 15.3 Å². The number of amides is 1. The van der Waals surface area contributed by atoms with Gasteiger partial charge in [0, 0.05) is 41.5 Å². The highest BCUT2D eigenvalue weighted by molar-refractivity contribution is 6.07. The van der Waals surface area contributed by atoms with Crippen molar-refractivity contribution in [3.05, 3.63) is 87.8 Å². The van der Waals surface area contributed by atoms with Gasteiger partial charge in [0.15, 0.2) is 0 Å². The Morgan fingerprint density at radius 3 is 2.68 bits per heavy atom. The number of H-pyrrole nitrogens is 2. The van der Waals surface area contributed by atoms with Crippen LogP contribution >= 0.6 is 0 Å². The molecule has 7 heteroatoms. The minimum atomic E-state index is -0.895. The molecule has 0 aliphatic carbocycles. The van der Waals surface area contributed by atoms with E-state index < -0.39 is 5.97 Å². The van der Waals surface area contributed by atoms with Crippen LogP contribution in [-0.2, 0) is 22.6 Å². The SMILES string of the molecule is O=C(O)CCc1c[nH]c2c(=O)[nH]c3ccc(C=CC(=O)NCc4ccccc4)cc3c12. The van der Waals surface area contributed by atoms with Crippen molar-refractivity contribution in [1.29, 1.82) is 0 Å². The molecular formula is C24H21N3O4. The highest BCUT2D eigenvalue weighted by Crippen LogP contribution is 2.26. The number of carbonyl (C=O) groups is 2. The van der Waals surface area contributed by atoms with Gasteiger partial charge in [-0.05, 0) is 41.3 Å². The largest absolute Gasteiger partial charge is 0.481 e.